The Morgan fingerprint density at radius 1 is 1.55 bits per heavy atom. The molecule has 1 rings (SSSR count). The summed E-state index contributed by atoms with van der Waals surface area (Å²) in [5, 5.41) is 0. The highest BCUT2D eigenvalue weighted by Crippen LogP contribution is 1.94. The van der Waals surface area contributed by atoms with Gasteiger partial charge in [-0.2, -0.15) is 0 Å². The molecule has 0 aliphatic heterocycles. The van der Waals surface area contributed by atoms with E-state index in [1.807, 2.05) is 36.1 Å². The molecule has 1 amide bonds. The van der Waals surface area contributed by atoms with Crippen LogP contribution in [0.5, 0.6) is 0 Å². The smallest absolute Gasteiger partial charge is 0.221 e. The number of hydrogen-bond acceptors (Lipinski definition) is 1. The van der Waals surface area contributed by atoms with Gasteiger partial charge in [-0.05, 0) is 5.56 Å². The Bertz CT molecular complexity index is 253. The van der Waals surface area contributed by atoms with Gasteiger partial charge in [0.15, 0.2) is 12.4 Å². The second-order valence-corrected chi connectivity index (χ2v) is 2.51. The Hall–Kier alpha value is -1.38. The first-order chi connectivity index (χ1) is 5.18. The van der Waals surface area contributed by atoms with Crippen molar-refractivity contribution < 1.29 is 9.36 Å². The summed E-state index contributed by atoms with van der Waals surface area (Å²) in [5.74, 6) is -0.293. The van der Waals surface area contributed by atoms with Crippen LogP contribution in [-0.4, -0.2) is 5.91 Å². The fourth-order valence-electron chi connectivity index (χ4n) is 0.851. The average Bonchev–Trinajstić information content (AvgIpc) is 1.93. The molecule has 1 heterocycles. The number of aromatic nitrogens is 1. The number of carbonyl (C=O) groups is 1. The number of nitrogens with two attached hydrogens (primary N) is 1. The first kappa shape index (κ1) is 7.72. The average molecular weight is 151 g/mol. The van der Waals surface area contributed by atoms with Crippen molar-refractivity contribution in [3.63, 3.8) is 0 Å². The van der Waals surface area contributed by atoms with E-state index in [9.17, 15) is 4.79 Å². The molecule has 0 atom stereocenters. The number of nitrogens with zero attached hydrogens (tertiary/aromatic N) is 1. The third-order valence-corrected chi connectivity index (χ3v) is 1.43. The third-order valence-electron chi connectivity index (χ3n) is 1.43. The maximum atomic E-state index is 10.5. The molecule has 3 nitrogen and oxygen atoms in total. The Kier molecular flexibility index (Phi) is 2.21. The molecule has 0 saturated heterocycles. The normalized spacial score (nSPS) is 9.55. The Morgan fingerprint density at radius 3 is 2.55 bits per heavy atom. The number of rotatable bonds is 2. The van der Waals surface area contributed by atoms with Gasteiger partial charge in [-0.1, -0.05) is 0 Å². The fraction of sp³-hybridized carbons (Fsp3) is 0.250. The summed E-state index contributed by atoms with van der Waals surface area (Å²) < 4.78 is 1.91. The van der Waals surface area contributed by atoms with Crippen molar-refractivity contribution in [3.8, 4) is 0 Å². The molecular formula is C8H11N2O+. The molecule has 1 aromatic heterocycles. The number of aryl methyl sites for hydroxylation is 1. The molecule has 0 saturated carbocycles. The maximum absolute atomic E-state index is 10.5. The van der Waals surface area contributed by atoms with Crippen LogP contribution in [0.4, 0.5) is 0 Å². The van der Waals surface area contributed by atoms with Crippen molar-refractivity contribution in [2.24, 2.45) is 12.8 Å². The van der Waals surface area contributed by atoms with Gasteiger partial charge in [0.1, 0.15) is 7.05 Å². The number of hydrogen-bond donors (Lipinski definition) is 1. The van der Waals surface area contributed by atoms with Crippen LogP contribution < -0.4 is 10.3 Å². The van der Waals surface area contributed by atoms with E-state index in [1.54, 1.807) is 0 Å². The van der Waals surface area contributed by atoms with Crippen LogP contribution in [0.15, 0.2) is 24.5 Å². The Balaban J connectivity index is 2.74. The van der Waals surface area contributed by atoms with E-state index in [4.69, 9.17) is 5.73 Å². The molecule has 2 N–H and O–H groups in total. The van der Waals surface area contributed by atoms with Crippen LogP contribution in [-0.2, 0) is 18.3 Å². The van der Waals surface area contributed by atoms with E-state index in [2.05, 4.69) is 0 Å². The summed E-state index contributed by atoms with van der Waals surface area (Å²) in [6.07, 6.45) is 4.09. The SMILES string of the molecule is C[n+]1ccc(CC(N)=O)cc1. The third kappa shape index (κ3) is 2.37. The van der Waals surface area contributed by atoms with E-state index in [-0.39, 0.29) is 5.91 Å². The van der Waals surface area contributed by atoms with Gasteiger partial charge in [0.2, 0.25) is 5.91 Å². The molecule has 58 valence electrons. The van der Waals surface area contributed by atoms with Crippen molar-refractivity contribution in [2.75, 3.05) is 0 Å². The van der Waals surface area contributed by atoms with Crippen LogP contribution in [0.25, 0.3) is 0 Å². The van der Waals surface area contributed by atoms with Crippen molar-refractivity contribution in [1.82, 2.24) is 0 Å². The quantitative estimate of drug-likeness (QED) is 0.571. The molecule has 0 fully saturated rings. The van der Waals surface area contributed by atoms with Crippen LogP contribution in [0.3, 0.4) is 0 Å². The lowest BCUT2D eigenvalue weighted by atomic mass is 10.2. The Morgan fingerprint density at radius 2 is 2.09 bits per heavy atom. The summed E-state index contributed by atoms with van der Waals surface area (Å²) in [4.78, 5) is 10.5. The van der Waals surface area contributed by atoms with Gasteiger partial charge in [-0.15, -0.1) is 0 Å². The Labute approximate surface area is 65.5 Å². The molecule has 0 aliphatic carbocycles. The lowest BCUT2D eigenvalue weighted by Gasteiger charge is -1.93. The summed E-state index contributed by atoms with van der Waals surface area (Å²) >= 11 is 0. The van der Waals surface area contributed by atoms with Gasteiger partial charge in [0.25, 0.3) is 0 Å². The van der Waals surface area contributed by atoms with Crippen molar-refractivity contribution in [1.29, 1.82) is 0 Å². The fourth-order valence-corrected chi connectivity index (χ4v) is 0.851. The van der Waals surface area contributed by atoms with Gasteiger partial charge < -0.3 is 5.73 Å². The second kappa shape index (κ2) is 3.14. The van der Waals surface area contributed by atoms with Crippen LogP contribution in [0, 0.1) is 0 Å². The highest BCUT2D eigenvalue weighted by Gasteiger charge is 1.98. The molecular weight excluding hydrogens is 140 g/mol. The van der Waals surface area contributed by atoms with Crippen LogP contribution in [0.1, 0.15) is 5.56 Å². The number of primary amides is 1. The summed E-state index contributed by atoms with van der Waals surface area (Å²) in [5.41, 5.74) is 5.97. The monoisotopic (exact) mass is 151 g/mol. The largest absolute Gasteiger partial charge is 0.369 e. The molecule has 0 aliphatic rings. The minimum atomic E-state index is -0.293. The van der Waals surface area contributed by atoms with E-state index in [1.165, 1.54) is 0 Å². The van der Waals surface area contributed by atoms with E-state index < -0.39 is 0 Å². The highest BCUT2D eigenvalue weighted by atomic mass is 16.1. The van der Waals surface area contributed by atoms with Gasteiger partial charge in [-0.25, -0.2) is 4.57 Å². The van der Waals surface area contributed by atoms with Gasteiger partial charge in [-0.3, -0.25) is 4.79 Å². The van der Waals surface area contributed by atoms with Crippen molar-refractivity contribution >= 4 is 5.91 Å². The molecule has 0 aromatic carbocycles. The van der Waals surface area contributed by atoms with Gasteiger partial charge in [0, 0.05) is 12.1 Å². The molecule has 3 heteroatoms. The lowest BCUT2D eigenvalue weighted by Crippen LogP contribution is -2.26. The molecule has 0 unspecified atom stereocenters. The zero-order chi connectivity index (χ0) is 8.27. The molecule has 1 aromatic rings. The molecule has 0 spiro atoms. The summed E-state index contributed by atoms with van der Waals surface area (Å²) in [6.45, 7) is 0. The highest BCUT2D eigenvalue weighted by molar-refractivity contribution is 5.76. The van der Waals surface area contributed by atoms with E-state index in [0.717, 1.165) is 5.56 Å². The minimum Gasteiger partial charge on any atom is -0.369 e. The molecule has 0 radical (unpaired) electrons. The van der Waals surface area contributed by atoms with Gasteiger partial charge >= 0.3 is 0 Å². The summed E-state index contributed by atoms with van der Waals surface area (Å²) in [6, 6.07) is 3.76. The standard InChI is InChI=1S/C8H10N2O/c1-10-4-2-7(3-5-10)6-8(9)11/h2-5H,6H2,1H3,(H-,9,11)/p+1. The number of amides is 1. The first-order valence-corrected chi connectivity index (χ1v) is 3.41. The first-order valence-electron chi connectivity index (χ1n) is 3.41. The maximum Gasteiger partial charge on any atom is 0.221 e. The zero-order valence-corrected chi connectivity index (χ0v) is 6.45. The zero-order valence-electron chi connectivity index (χ0n) is 6.45. The molecule has 11 heavy (non-hydrogen) atoms. The second-order valence-electron chi connectivity index (χ2n) is 2.51. The van der Waals surface area contributed by atoms with Crippen LogP contribution in [0.2, 0.25) is 0 Å². The minimum absolute atomic E-state index is 0.293. The summed E-state index contributed by atoms with van der Waals surface area (Å²) in [7, 11) is 1.92. The molecule has 0 bridgehead atoms. The number of pyridine rings is 1. The van der Waals surface area contributed by atoms with E-state index in [0.29, 0.717) is 6.42 Å². The predicted octanol–water partition coefficient (Wildman–Crippen LogP) is -0.461. The predicted molar refractivity (Wildman–Crippen MR) is 40.5 cm³/mol. The van der Waals surface area contributed by atoms with Crippen LogP contribution >= 0.6 is 0 Å². The lowest BCUT2D eigenvalue weighted by molar-refractivity contribution is -0.671. The van der Waals surface area contributed by atoms with Crippen molar-refractivity contribution in [3.05, 3.63) is 30.1 Å². The van der Waals surface area contributed by atoms with Gasteiger partial charge in [0.05, 0.1) is 6.42 Å². The van der Waals surface area contributed by atoms with Crippen molar-refractivity contribution in [2.45, 2.75) is 6.42 Å². The topological polar surface area (TPSA) is 47.0 Å². The number of carbonyl (C=O) groups excluding carboxylic acids is 1. The van der Waals surface area contributed by atoms with E-state index >= 15 is 0 Å².